The zero-order chi connectivity index (χ0) is 15.1. The van der Waals surface area contributed by atoms with Crippen LogP contribution in [0.3, 0.4) is 0 Å². The van der Waals surface area contributed by atoms with Crippen LogP contribution in [0.4, 0.5) is 0 Å². The fourth-order valence-electron chi connectivity index (χ4n) is 3.29. The summed E-state index contributed by atoms with van der Waals surface area (Å²) in [6, 6.07) is 4.39. The van der Waals surface area contributed by atoms with Crippen LogP contribution in [0, 0.1) is 20.8 Å². The van der Waals surface area contributed by atoms with Crippen molar-refractivity contribution in [2.75, 3.05) is 26.2 Å². The van der Waals surface area contributed by atoms with Crippen molar-refractivity contribution >= 4 is 0 Å². The summed E-state index contributed by atoms with van der Waals surface area (Å²) in [6.45, 7) is 11.5. The summed E-state index contributed by atoms with van der Waals surface area (Å²) in [4.78, 5) is 1.83. The highest BCUT2D eigenvalue weighted by Crippen LogP contribution is 2.23. The van der Waals surface area contributed by atoms with Gasteiger partial charge < -0.3 is 9.64 Å². The topological polar surface area (TPSA) is 13.7 Å². The van der Waals surface area contributed by atoms with E-state index in [1.165, 1.54) is 74.8 Å². The molecular formula is C19H32NO+. The fourth-order valence-corrected chi connectivity index (χ4v) is 3.29. The van der Waals surface area contributed by atoms with E-state index >= 15 is 0 Å². The van der Waals surface area contributed by atoms with Crippen LogP contribution in [0.1, 0.15) is 55.2 Å². The van der Waals surface area contributed by atoms with Gasteiger partial charge in [-0.1, -0.05) is 6.07 Å². The molecule has 1 N–H and O–H groups in total. The fraction of sp³-hybridized carbons (Fsp3) is 0.684. The molecule has 118 valence electrons. The lowest BCUT2D eigenvalue weighted by atomic mass is 10.1. The smallest absolute Gasteiger partial charge is 0.122 e. The van der Waals surface area contributed by atoms with Gasteiger partial charge in [0.05, 0.1) is 26.2 Å². The first-order valence-electron chi connectivity index (χ1n) is 8.71. The van der Waals surface area contributed by atoms with Gasteiger partial charge in [0.1, 0.15) is 5.75 Å². The van der Waals surface area contributed by atoms with Crippen LogP contribution in [0.15, 0.2) is 12.1 Å². The lowest BCUT2D eigenvalue weighted by Gasteiger charge is -2.13. The first kappa shape index (κ1) is 16.4. The van der Waals surface area contributed by atoms with Crippen LogP contribution in [-0.2, 0) is 0 Å². The summed E-state index contributed by atoms with van der Waals surface area (Å²) < 4.78 is 5.97. The van der Waals surface area contributed by atoms with Crippen LogP contribution >= 0.6 is 0 Å². The Kier molecular flexibility index (Phi) is 6.56. The number of benzene rings is 1. The highest BCUT2D eigenvalue weighted by atomic mass is 16.5. The Labute approximate surface area is 130 Å². The number of quaternary nitrogens is 1. The molecule has 2 rings (SSSR count). The van der Waals surface area contributed by atoms with Gasteiger partial charge in [-0.3, -0.25) is 0 Å². The van der Waals surface area contributed by atoms with Gasteiger partial charge in [-0.2, -0.15) is 0 Å². The summed E-state index contributed by atoms with van der Waals surface area (Å²) in [5, 5.41) is 0. The molecule has 1 fully saturated rings. The van der Waals surface area contributed by atoms with Crippen molar-refractivity contribution in [2.24, 2.45) is 0 Å². The second-order valence-electron chi connectivity index (χ2n) is 6.67. The van der Waals surface area contributed by atoms with E-state index in [1.807, 2.05) is 4.90 Å². The van der Waals surface area contributed by atoms with Crippen molar-refractivity contribution in [1.82, 2.24) is 0 Å². The maximum atomic E-state index is 5.97. The molecule has 2 heteroatoms. The van der Waals surface area contributed by atoms with E-state index in [0.717, 1.165) is 12.4 Å². The van der Waals surface area contributed by atoms with Crippen molar-refractivity contribution in [1.29, 1.82) is 0 Å². The van der Waals surface area contributed by atoms with Crippen molar-refractivity contribution < 1.29 is 9.64 Å². The molecule has 1 aliphatic rings. The lowest BCUT2D eigenvalue weighted by Crippen LogP contribution is -3.09. The predicted octanol–water partition coefficient (Wildman–Crippen LogP) is 3.23. The van der Waals surface area contributed by atoms with E-state index in [-0.39, 0.29) is 0 Å². The zero-order valence-corrected chi connectivity index (χ0v) is 14.1. The monoisotopic (exact) mass is 290 g/mol. The molecule has 1 heterocycles. The third kappa shape index (κ3) is 5.35. The minimum atomic E-state index is 0.861. The van der Waals surface area contributed by atoms with Crippen LogP contribution in [0.5, 0.6) is 5.75 Å². The minimum absolute atomic E-state index is 0.861. The van der Waals surface area contributed by atoms with Crippen LogP contribution in [0.2, 0.25) is 0 Å². The molecule has 1 aromatic carbocycles. The molecule has 0 aliphatic carbocycles. The average molecular weight is 290 g/mol. The maximum Gasteiger partial charge on any atom is 0.122 e. The molecule has 1 saturated heterocycles. The highest BCUT2D eigenvalue weighted by Gasteiger charge is 2.13. The van der Waals surface area contributed by atoms with E-state index in [2.05, 4.69) is 32.9 Å². The zero-order valence-electron chi connectivity index (χ0n) is 14.1. The number of aryl methyl sites for hydroxylation is 2. The Hall–Kier alpha value is -1.02. The van der Waals surface area contributed by atoms with Crippen LogP contribution in [-0.4, -0.2) is 26.2 Å². The van der Waals surface area contributed by atoms with Gasteiger partial charge in [0.25, 0.3) is 0 Å². The van der Waals surface area contributed by atoms with Crippen molar-refractivity contribution in [3.63, 3.8) is 0 Å². The maximum absolute atomic E-state index is 5.97. The quantitative estimate of drug-likeness (QED) is 0.726. The van der Waals surface area contributed by atoms with E-state index in [0.29, 0.717) is 0 Å². The van der Waals surface area contributed by atoms with Gasteiger partial charge in [-0.15, -0.1) is 0 Å². The Morgan fingerprint density at radius 1 is 0.952 bits per heavy atom. The second kappa shape index (κ2) is 8.43. The average Bonchev–Trinajstić information content (AvgIpc) is 2.96. The summed E-state index contributed by atoms with van der Waals surface area (Å²) in [7, 11) is 0. The molecule has 0 radical (unpaired) electrons. The van der Waals surface area contributed by atoms with E-state index in [4.69, 9.17) is 4.74 Å². The molecule has 0 amide bonds. The molecule has 1 aromatic rings. The largest absolute Gasteiger partial charge is 0.493 e. The van der Waals surface area contributed by atoms with Crippen molar-refractivity contribution in [3.8, 4) is 5.75 Å². The molecule has 0 unspecified atom stereocenters. The number of unbranched alkanes of at least 4 members (excludes halogenated alkanes) is 3. The molecule has 1 aliphatic heterocycles. The first-order valence-corrected chi connectivity index (χ1v) is 8.71. The Morgan fingerprint density at radius 2 is 1.67 bits per heavy atom. The Balaban J connectivity index is 1.57. The number of hydrogen-bond donors (Lipinski definition) is 1. The minimum Gasteiger partial charge on any atom is -0.493 e. The molecule has 0 spiro atoms. The van der Waals surface area contributed by atoms with Crippen molar-refractivity contribution in [3.05, 3.63) is 28.8 Å². The molecule has 0 saturated carbocycles. The number of likely N-dealkylation sites (tertiary alicyclic amines) is 1. The summed E-state index contributed by atoms with van der Waals surface area (Å²) in [5.41, 5.74) is 3.92. The summed E-state index contributed by atoms with van der Waals surface area (Å²) in [5.74, 6) is 1.08. The van der Waals surface area contributed by atoms with Crippen LogP contribution < -0.4 is 9.64 Å². The van der Waals surface area contributed by atoms with Gasteiger partial charge in [0.2, 0.25) is 0 Å². The normalized spacial score (nSPS) is 15.6. The standard InChI is InChI=1S/C19H31NO/c1-16-14-17(2)18(3)19(15-16)21-13-9-5-4-6-10-20-11-7-8-12-20/h14-15H,4-13H2,1-3H3/p+1. The lowest BCUT2D eigenvalue weighted by molar-refractivity contribution is -0.887. The third-order valence-corrected chi connectivity index (χ3v) is 4.76. The van der Waals surface area contributed by atoms with E-state index in [9.17, 15) is 0 Å². The van der Waals surface area contributed by atoms with Gasteiger partial charge in [0, 0.05) is 12.8 Å². The summed E-state index contributed by atoms with van der Waals surface area (Å²) >= 11 is 0. The van der Waals surface area contributed by atoms with Gasteiger partial charge in [0.15, 0.2) is 0 Å². The van der Waals surface area contributed by atoms with E-state index in [1.54, 1.807) is 0 Å². The SMILES string of the molecule is Cc1cc(C)c(C)c(OCCCCCC[NH+]2CCCC2)c1. The number of nitrogens with one attached hydrogen (secondary N) is 1. The van der Waals surface area contributed by atoms with Crippen molar-refractivity contribution in [2.45, 2.75) is 59.3 Å². The molecule has 2 nitrogen and oxygen atoms in total. The van der Waals surface area contributed by atoms with Crippen LogP contribution in [0.25, 0.3) is 0 Å². The van der Waals surface area contributed by atoms with Gasteiger partial charge in [-0.05, 0) is 69.2 Å². The number of rotatable bonds is 8. The molecule has 21 heavy (non-hydrogen) atoms. The highest BCUT2D eigenvalue weighted by molar-refractivity contribution is 5.41. The second-order valence-corrected chi connectivity index (χ2v) is 6.67. The molecule has 0 bridgehead atoms. The molecular weight excluding hydrogens is 258 g/mol. The Morgan fingerprint density at radius 3 is 2.43 bits per heavy atom. The first-order chi connectivity index (χ1) is 10.2. The molecule has 0 aromatic heterocycles. The van der Waals surface area contributed by atoms with Gasteiger partial charge >= 0.3 is 0 Å². The van der Waals surface area contributed by atoms with Gasteiger partial charge in [-0.25, -0.2) is 0 Å². The predicted molar refractivity (Wildman–Crippen MR) is 89.4 cm³/mol. The molecule has 0 atom stereocenters. The Bertz CT molecular complexity index is 435. The van der Waals surface area contributed by atoms with E-state index < -0.39 is 0 Å². The number of hydrogen-bond acceptors (Lipinski definition) is 1. The number of ether oxygens (including phenoxy) is 1. The summed E-state index contributed by atoms with van der Waals surface area (Å²) in [6.07, 6.45) is 8.12. The third-order valence-electron chi connectivity index (χ3n) is 4.76.